The second-order valence-electron chi connectivity index (χ2n) is 5.26. The minimum absolute atomic E-state index is 0.236. The Morgan fingerprint density at radius 2 is 1.90 bits per heavy atom. The number of benzene rings is 1. The summed E-state index contributed by atoms with van der Waals surface area (Å²) in [5.74, 6) is 0. The highest BCUT2D eigenvalue weighted by Gasteiger charge is 2.22. The van der Waals surface area contributed by atoms with E-state index in [1.54, 1.807) is 6.20 Å². The van der Waals surface area contributed by atoms with Crippen LogP contribution < -0.4 is 10.6 Å². The van der Waals surface area contributed by atoms with Crippen molar-refractivity contribution >= 4 is 17.6 Å². The fourth-order valence-corrected chi connectivity index (χ4v) is 2.07. The molecule has 2 aromatic rings. The van der Waals surface area contributed by atoms with Crippen molar-refractivity contribution in [1.82, 2.24) is 15.6 Å². The van der Waals surface area contributed by atoms with Crippen molar-refractivity contribution in [2.45, 2.75) is 25.9 Å². The van der Waals surface area contributed by atoms with Crippen molar-refractivity contribution < 1.29 is 4.79 Å². The second-order valence-corrected chi connectivity index (χ2v) is 5.70. The Morgan fingerprint density at radius 1 is 1.19 bits per heavy atom. The van der Waals surface area contributed by atoms with Gasteiger partial charge in [0.2, 0.25) is 0 Å². The van der Waals surface area contributed by atoms with Gasteiger partial charge in [0.05, 0.1) is 17.8 Å². The number of hydrogen-bond acceptors (Lipinski definition) is 2. The van der Waals surface area contributed by atoms with E-state index in [2.05, 4.69) is 15.6 Å². The molecule has 2 N–H and O–H groups in total. The van der Waals surface area contributed by atoms with Crippen LogP contribution in [0, 0.1) is 0 Å². The molecule has 0 radical (unpaired) electrons. The van der Waals surface area contributed by atoms with Crippen LogP contribution in [0.3, 0.4) is 0 Å². The monoisotopic (exact) mass is 303 g/mol. The van der Waals surface area contributed by atoms with Gasteiger partial charge in [-0.05, 0) is 43.7 Å². The highest BCUT2D eigenvalue weighted by Crippen LogP contribution is 2.21. The molecule has 1 heterocycles. The van der Waals surface area contributed by atoms with Gasteiger partial charge in [0.15, 0.2) is 0 Å². The molecule has 0 atom stereocenters. The zero-order chi connectivity index (χ0) is 15.3. The molecule has 0 saturated carbocycles. The first-order valence-corrected chi connectivity index (χ1v) is 7.07. The molecule has 0 bridgehead atoms. The topological polar surface area (TPSA) is 54.0 Å². The van der Waals surface area contributed by atoms with Gasteiger partial charge in [0.25, 0.3) is 0 Å². The Morgan fingerprint density at radius 3 is 2.52 bits per heavy atom. The maximum absolute atomic E-state index is 12.0. The van der Waals surface area contributed by atoms with Crippen LogP contribution in [-0.4, -0.2) is 11.0 Å². The van der Waals surface area contributed by atoms with Crippen molar-refractivity contribution in [3.63, 3.8) is 0 Å². The average Bonchev–Trinajstić information content (AvgIpc) is 2.46. The number of amides is 2. The number of carbonyl (C=O) groups is 1. The van der Waals surface area contributed by atoms with Crippen LogP contribution in [0.15, 0.2) is 48.7 Å². The molecule has 4 nitrogen and oxygen atoms in total. The molecule has 0 saturated heterocycles. The summed E-state index contributed by atoms with van der Waals surface area (Å²) >= 11 is 5.88. The molecule has 0 aliphatic carbocycles. The van der Waals surface area contributed by atoms with Crippen LogP contribution in [-0.2, 0) is 12.1 Å². The highest BCUT2D eigenvalue weighted by atomic mass is 35.5. The summed E-state index contributed by atoms with van der Waals surface area (Å²) in [6.45, 7) is 4.27. The van der Waals surface area contributed by atoms with Gasteiger partial charge >= 0.3 is 6.03 Å². The summed E-state index contributed by atoms with van der Waals surface area (Å²) in [4.78, 5) is 16.2. The van der Waals surface area contributed by atoms with Crippen LogP contribution in [0.5, 0.6) is 0 Å². The minimum Gasteiger partial charge on any atom is -0.332 e. The average molecular weight is 304 g/mol. The van der Waals surface area contributed by atoms with Gasteiger partial charge in [0, 0.05) is 11.2 Å². The molecular weight excluding hydrogens is 286 g/mol. The number of halogens is 1. The van der Waals surface area contributed by atoms with Crippen molar-refractivity contribution in [2.24, 2.45) is 0 Å². The van der Waals surface area contributed by atoms with Crippen molar-refractivity contribution in [3.05, 3.63) is 64.9 Å². The predicted octanol–water partition coefficient (Wildman–Crippen LogP) is 3.47. The zero-order valence-corrected chi connectivity index (χ0v) is 12.8. The van der Waals surface area contributed by atoms with Crippen LogP contribution in [0.25, 0.3) is 0 Å². The van der Waals surface area contributed by atoms with Crippen molar-refractivity contribution in [2.75, 3.05) is 0 Å². The quantitative estimate of drug-likeness (QED) is 0.908. The maximum Gasteiger partial charge on any atom is 0.315 e. The number of nitrogens with one attached hydrogen (secondary N) is 2. The van der Waals surface area contributed by atoms with Crippen molar-refractivity contribution in [3.8, 4) is 0 Å². The second kappa shape index (κ2) is 6.59. The molecule has 0 aliphatic rings. The molecule has 2 amide bonds. The molecule has 1 aromatic carbocycles. The van der Waals surface area contributed by atoms with Gasteiger partial charge in [-0.1, -0.05) is 29.8 Å². The summed E-state index contributed by atoms with van der Waals surface area (Å²) in [7, 11) is 0. The lowest BCUT2D eigenvalue weighted by Crippen LogP contribution is -2.46. The van der Waals surface area contributed by atoms with E-state index in [0.717, 1.165) is 11.3 Å². The van der Waals surface area contributed by atoms with Gasteiger partial charge < -0.3 is 10.6 Å². The number of urea groups is 1. The smallest absolute Gasteiger partial charge is 0.315 e. The first kappa shape index (κ1) is 15.3. The Balaban J connectivity index is 1.93. The minimum atomic E-state index is -0.487. The van der Waals surface area contributed by atoms with Crippen LogP contribution >= 0.6 is 11.6 Å². The number of aromatic nitrogens is 1. The zero-order valence-electron chi connectivity index (χ0n) is 12.1. The van der Waals surface area contributed by atoms with Gasteiger partial charge in [-0.3, -0.25) is 4.98 Å². The lowest BCUT2D eigenvalue weighted by atomic mass is 9.94. The van der Waals surface area contributed by atoms with Crippen LogP contribution in [0.4, 0.5) is 4.79 Å². The number of rotatable bonds is 4. The molecule has 2 rings (SSSR count). The largest absolute Gasteiger partial charge is 0.332 e. The van der Waals surface area contributed by atoms with E-state index in [4.69, 9.17) is 11.6 Å². The van der Waals surface area contributed by atoms with E-state index in [0.29, 0.717) is 11.6 Å². The summed E-state index contributed by atoms with van der Waals surface area (Å²) in [5.41, 5.74) is 1.32. The van der Waals surface area contributed by atoms with E-state index in [1.165, 1.54) is 0 Å². The number of carbonyl (C=O) groups excluding carboxylic acids is 1. The summed E-state index contributed by atoms with van der Waals surface area (Å²) in [5, 5.41) is 6.41. The molecule has 110 valence electrons. The third kappa shape index (κ3) is 4.46. The summed E-state index contributed by atoms with van der Waals surface area (Å²) < 4.78 is 0. The Bertz CT molecular complexity index is 597. The van der Waals surface area contributed by atoms with E-state index in [1.807, 2.05) is 56.3 Å². The lowest BCUT2D eigenvalue weighted by Gasteiger charge is -2.27. The number of nitrogens with zero attached hydrogens (tertiary/aromatic N) is 1. The standard InChI is InChI=1S/C16H18ClN3O/c1-16(2,12-6-8-13(17)9-7-12)20-15(21)19-11-14-5-3-4-10-18-14/h3-10H,11H2,1-2H3,(H2,19,20,21). The third-order valence-corrected chi connectivity index (χ3v) is 3.40. The van der Waals surface area contributed by atoms with Gasteiger partial charge in [0.1, 0.15) is 0 Å². The lowest BCUT2D eigenvalue weighted by molar-refractivity contribution is 0.229. The molecule has 0 aliphatic heterocycles. The third-order valence-electron chi connectivity index (χ3n) is 3.15. The summed E-state index contributed by atoms with van der Waals surface area (Å²) in [6.07, 6.45) is 1.70. The molecular formula is C16H18ClN3O. The first-order valence-electron chi connectivity index (χ1n) is 6.69. The van der Waals surface area contributed by atoms with Crippen LogP contribution in [0.1, 0.15) is 25.1 Å². The molecule has 5 heteroatoms. The fourth-order valence-electron chi connectivity index (χ4n) is 1.94. The molecule has 21 heavy (non-hydrogen) atoms. The van der Waals surface area contributed by atoms with E-state index >= 15 is 0 Å². The first-order chi connectivity index (χ1) is 9.97. The van der Waals surface area contributed by atoms with Crippen LogP contribution in [0.2, 0.25) is 5.02 Å². The van der Waals surface area contributed by atoms with Gasteiger partial charge in [-0.2, -0.15) is 0 Å². The molecule has 0 unspecified atom stereocenters. The van der Waals surface area contributed by atoms with E-state index < -0.39 is 5.54 Å². The molecule has 1 aromatic heterocycles. The maximum atomic E-state index is 12.0. The Kier molecular flexibility index (Phi) is 4.81. The predicted molar refractivity (Wildman–Crippen MR) is 84.1 cm³/mol. The molecule has 0 fully saturated rings. The number of hydrogen-bond donors (Lipinski definition) is 2. The Labute approximate surface area is 129 Å². The molecule has 0 spiro atoms. The fraction of sp³-hybridized carbons (Fsp3) is 0.250. The van der Waals surface area contributed by atoms with Crippen molar-refractivity contribution in [1.29, 1.82) is 0 Å². The highest BCUT2D eigenvalue weighted by molar-refractivity contribution is 6.30. The SMILES string of the molecule is CC(C)(NC(=O)NCc1ccccn1)c1ccc(Cl)cc1. The van der Waals surface area contributed by atoms with Gasteiger partial charge in [-0.25, -0.2) is 4.79 Å². The summed E-state index contributed by atoms with van der Waals surface area (Å²) in [6, 6.07) is 12.8. The normalized spacial score (nSPS) is 11.0. The van der Waals surface area contributed by atoms with Gasteiger partial charge in [-0.15, -0.1) is 0 Å². The van der Waals surface area contributed by atoms with E-state index in [-0.39, 0.29) is 6.03 Å². The Hall–Kier alpha value is -2.07. The van der Waals surface area contributed by atoms with E-state index in [9.17, 15) is 4.79 Å². The number of pyridine rings is 1.